The van der Waals surface area contributed by atoms with Crippen LogP contribution in [0.5, 0.6) is 0 Å². The maximum atomic E-state index is 13.8. The van der Waals surface area contributed by atoms with Gasteiger partial charge in [-0.05, 0) is 96.8 Å². The summed E-state index contributed by atoms with van der Waals surface area (Å²) < 4.78 is 4.23. The summed E-state index contributed by atoms with van der Waals surface area (Å²) in [6.07, 6.45) is 6.44. The summed E-state index contributed by atoms with van der Waals surface area (Å²) in [5, 5.41) is 8.22. The van der Waals surface area contributed by atoms with Gasteiger partial charge in [-0.15, -0.1) is 0 Å². The third-order valence-electron chi connectivity index (χ3n) is 8.66. The van der Waals surface area contributed by atoms with Crippen LogP contribution in [-0.2, 0) is 16.1 Å². The fourth-order valence-electron chi connectivity index (χ4n) is 6.49. The molecule has 2 fully saturated rings. The van der Waals surface area contributed by atoms with E-state index in [0.717, 1.165) is 50.9 Å². The Kier molecular flexibility index (Phi) is 6.46. The van der Waals surface area contributed by atoms with Crippen LogP contribution in [0, 0.1) is 32.6 Å². The number of aromatic nitrogens is 5. The van der Waals surface area contributed by atoms with Gasteiger partial charge < -0.3 is 14.8 Å². The van der Waals surface area contributed by atoms with Gasteiger partial charge in [-0.3, -0.25) is 14.4 Å². The summed E-state index contributed by atoms with van der Waals surface area (Å²) in [4.78, 5) is 50.7. The fourth-order valence-corrected chi connectivity index (χ4v) is 6.80. The highest BCUT2D eigenvalue weighted by Gasteiger charge is 2.56. The number of halogens is 1. The second-order valence-corrected chi connectivity index (χ2v) is 12.6. The van der Waals surface area contributed by atoms with E-state index in [-0.39, 0.29) is 30.1 Å². The van der Waals surface area contributed by atoms with Crippen molar-refractivity contribution >= 4 is 55.9 Å². The summed E-state index contributed by atoms with van der Waals surface area (Å²) in [6.45, 7) is 7.91. The Morgan fingerprint density at radius 2 is 1.86 bits per heavy atom. The van der Waals surface area contributed by atoms with Crippen molar-refractivity contribution < 1.29 is 14.4 Å². The molecule has 0 bridgehead atoms. The Hall–Kier alpha value is -4.38. The van der Waals surface area contributed by atoms with Crippen LogP contribution in [0.25, 0.3) is 27.7 Å². The maximum absolute atomic E-state index is 13.8. The number of aryl methyl sites for hydroxylation is 3. The Balaban J connectivity index is 1.19. The Morgan fingerprint density at radius 1 is 1.05 bits per heavy atom. The molecular formula is C32H30BrN7O3. The number of Topliss-reactive ketones (excluding diaryl/α,β-unsaturated/α-hetero) is 1. The minimum absolute atomic E-state index is 0.0292. The number of nitrogens with one attached hydrogen (secondary N) is 1. The summed E-state index contributed by atoms with van der Waals surface area (Å²) in [6, 6.07) is 9.10. The summed E-state index contributed by atoms with van der Waals surface area (Å²) in [5.74, 6) is 0.527. The second-order valence-electron chi connectivity index (χ2n) is 11.8. The molecular weight excluding hydrogens is 610 g/mol. The number of carbonyl (C=O) groups excluding carboxylic acids is 3. The highest BCUT2D eigenvalue weighted by Crippen LogP contribution is 2.50. The first kappa shape index (κ1) is 27.5. The van der Waals surface area contributed by atoms with Crippen LogP contribution in [0.3, 0.4) is 0 Å². The fraction of sp³-hybridized carbons (Fsp3) is 0.312. The number of piperidine rings is 1. The molecule has 1 N–H and O–H groups in total. The van der Waals surface area contributed by atoms with E-state index < -0.39 is 6.04 Å². The summed E-state index contributed by atoms with van der Waals surface area (Å²) >= 11 is 3.37. The number of hydrogen-bond donors (Lipinski definition) is 1. The molecule has 10 nitrogen and oxygen atoms in total. The first-order valence-corrected chi connectivity index (χ1v) is 15.1. The third-order valence-corrected chi connectivity index (χ3v) is 9.10. The molecule has 5 heterocycles. The molecule has 1 aliphatic heterocycles. The quantitative estimate of drug-likeness (QED) is 0.204. The molecule has 43 heavy (non-hydrogen) atoms. The number of pyridine rings is 1. The van der Waals surface area contributed by atoms with Crippen LogP contribution in [0.2, 0.25) is 0 Å². The number of likely N-dealkylation sites (tertiary alicyclic amines) is 1. The van der Waals surface area contributed by atoms with Crippen molar-refractivity contribution in [3.8, 4) is 11.1 Å². The molecule has 2 aliphatic rings. The predicted octanol–water partition coefficient (Wildman–Crippen LogP) is 5.12. The van der Waals surface area contributed by atoms with E-state index in [4.69, 9.17) is 0 Å². The minimum Gasteiger partial charge on any atom is -0.337 e. The Morgan fingerprint density at radius 3 is 2.65 bits per heavy atom. The minimum atomic E-state index is -0.548. The van der Waals surface area contributed by atoms with Crippen LogP contribution in [0.4, 0.5) is 5.82 Å². The third kappa shape index (κ3) is 4.81. The van der Waals surface area contributed by atoms with E-state index in [1.165, 1.54) is 6.92 Å². The van der Waals surface area contributed by atoms with Crippen molar-refractivity contribution in [2.45, 2.75) is 46.7 Å². The van der Waals surface area contributed by atoms with Gasteiger partial charge in [0.25, 0.3) is 0 Å². The van der Waals surface area contributed by atoms with Gasteiger partial charge in [0, 0.05) is 47.7 Å². The van der Waals surface area contributed by atoms with E-state index in [1.807, 2.05) is 61.9 Å². The van der Waals surface area contributed by atoms with Gasteiger partial charge in [0.15, 0.2) is 11.4 Å². The number of fused-ring (bicyclic) bond motifs is 3. The largest absolute Gasteiger partial charge is 0.337 e. The smallest absolute Gasteiger partial charge is 0.248 e. The lowest BCUT2D eigenvalue weighted by atomic mass is 10.0. The lowest BCUT2D eigenvalue weighted by Gasteiger charge is -2.27. The van der Waals surface area contributed by atoms with Gasteiger partial charge in [0.2, 0.25) is 11.8 Å². The lowest BCUT2D eigenvalue weighted by Crippen LogP contribution is -2.47. The molecule has 3 atom stereocenters. The van der Waals surface area contributed by atoms with Crippen LogP contribution >= 0.6 is 15.9 Å². The molecule has 2 amide bonds. The Bertz CT molecular complexity index is 1990. The van der Waals surface area contributed by atoms with Crippen molar-refractivity contribution in [1.82, 2.24) is 29.0 Å². The number of carbonyl (C=O) groups is 3. The van der Waals surface area contributed by atoms with Gasteiger partial charge in [0.1, 0.15) is 23.0 Å². The number of nitrogens with zero attached hydrogens (tertiary/aromatic N) is 6. The zero-order valence-corrected chi connectivity index (χ0v) is 25.8. The highest BCUT2D eigenvalue weighted by molar-refractivity contribution is 9.10. The summed E-state index contributed by atoms with van der Waals surface area (Å²) in [5.41, 5.74) is 6.58. The van der Waals surface area contributed by atoms with Crippen LogP contribution in [0.1, 0.15) is 40.5 Å². The molecule has 1 aromatic carbocycles. The molecule has 11 heteroatoms. The average Bonchev–Trinajstić information content (AvgIpc) is 3.26. The molecule has 7 rings (SSSR count). The number of benzene rings is 1. The maximum Gasteiger partial charge on any atom is 0.248 e. The van der Waals surface area contributed by atoms with Crippen LogP contribution in [0.15, 0.2) is 53.5 Å². The second kappa shape index (κ2) is 10.1. The number of anilines is 1. The normalized spacial score (nSPS) is 19.2. The molecule has 1 saturated carbocycles. The number of rotatable bonds is 6. The van der Waals surface area contributed by atoms with Crippen molar-refractivity contribution in [3.05, 3.63) is 75.9 Å². The predicted molar refractivity (Wildman–Crippen MR) is 166 cm³/mol. The van der Waals surface area contributed by atoms with Gasteiger partial charge in [0.05, 0.1) is 11.2 Å². The molecule has 5 aromatic rings. The zero-order chi connectivity index (χ0) is 30.2. The lowest BCUT2D eigenvalue weighted by molar-refractivity contribution is -0.138. The van der Waals surface area contributed by atoms with Crippen LogP contribution in [-0.4, -0.2) is 59.2 Å². The molecule has 4 aromatic heterocycles. The summed E-state index contributed by atoms with van der Waals surface area (Å²) in [7, 11) is 0. The molecule has 0 spiro atoms. The number of ketones is 1. The molecule has 1 aliphatic carbocycles. The van der Waals surface area contributed by atoms with Crippen molar-refractivity contribution in [1.29, 1.82) is 0 Å². The topological polar surface area (TPSA) is 114 Å². The van der Waals surface area contributed by atoms with Gasteiger partial charge in [-0.2, -0.15) is 5.10 Å². The average molecular weight is 641 g/mol. The van der Waals surface area contributed by atoms with E-state index in [1.54, 1.807) is 21.8 Å². The Labute approximate surface area is 256 Å². The monoisotopic (exact) mass is 639 g/mol. The van der Waals surface area contributed by atoms with Crippen molar-refractivity contribution in [2.75, 3.05) is 11.9 Å². The molecule has 0 unspecified atom stereocenters. The van der Waals surface area contributed by atoms with E-state index in [2.05, 4.69) is 36.3 Å². The molecule has 0 radical (unpaired) electrons. The van der Waals surface area contributed by atoms with Gasteiger partial charge in [-0.25, -0.2) is 14.5 Å². The van der Waals surface area contributed by atoms with E-state index in [0.29, 0.717) is 28.4 Å². The number of hydrogen-bond acceptors (Lipinski definition) is 6. The SMILES string of the molecule is CC(=O)c1cn(CC(=O)N2C[C@H]3C[C@H]3[C@H]2C(=O)Nc2nc(Br)ccc2C)c2c(C)cc(-c3cnc4cc(C)nn4c3)cc12. The molecule has 1 saturated heterocycles. The van der Waals surface area contributed by atoms with E-state index in [9.17, 15) is 14.4 Å². The first-order chi connectivity index (χ1) is 20.6. The highest BCUT2D eigenvalue weighted by atomic mass is 79.9. The van der Waals surface area contributed by atoms with Gasteiger partial charge in [-0.1, -0.05) is 6.07 Å². The number of amides is 2. The van der Waals surface area contributed by atoms with Crippen molar-refractivity contribution in [2.24, 2.45) is 11.8 Å². The van der Waals surface area contributed by atoms with Crippen LogP contribution < -0.4 is 5.32 Å². The standard InChI is InChI=1S/C32H30BrN7O3/c1-16-5-6-26(33)35-31(16)36-32(43)30-23-10-21(23)12-39(30)28(42)15-38-14-25(19(4)41)24-9-20(7-17(2)29(24)38)22-11-34-27-8-18(3)37-40(27)13-22/h5-9,11,13-14,21,23,30H,10,12,15H2,1-4H3,(H,35,36,43)/t21-,23-,30+/m1/s1. The molecule has 218 valence electrons. The zero-order valence-electron chi connectivity index (χ0n) is 24.3. The first-order valence-electron chi connectivity index (χ1n) is 14.3. The van der Waals surface area contributed by atoms with E-state index >= 15 is 0 Å². The van der Waals surface area contributed by atoms with Crippen molar-refractivity contribution in [3.63, 3.8) is 0 Å². The van der Waals surface area contributed by atoms with Gasteiger partial charge >= 0.3 is 0 Å².